The fourth-order valence-electron chi connectivity index (χ4n) is 2.02. The Balaban J connectivity index is 1.83. The molecule has 22 heavy (non-hydrogen) atoms. The number of hydrogen-bond donors (Lipinski definition) is 1. The number of nitrogens with zero attached hydrogens (tertiary/aromatic N) is 1. The quantitative estimate of drug-likeness (QED) is 0.675. The first-order valence-electron chi connectivity index (χ1n) is 6.56. The minimum Gasteiger partial charge on any atom is -0.338 e. The fourth-order valence-corrected chi connectivity index (χ4v) is 2.28. The lowest BCUT2D eigenvalue weighted by atomic mass is 10.1. The Kier molecular flexibility index (Phi) is 4.15. The van der Waals surface area contributed by atoms with Gasteiger partial charge in [-0.05, 0) is 35.9 Å². The molecule has 1 heterocycles. The van der Waals surface area contributed by atoms with Crippen LogP contribution in [0.1, 0.15) is 11.4 Å². The minimum absolute atomic E-state index is 0.289. The van der Waals surface area contributed by atoms with E-state index in [0.717, 1.165) is 16.1 Å². The molecule has 0 aliphatic carbocycles. The number of aromatic amines is 1. The maximum absolute atomic E-state index is 13.7. The van der Waals surface area contributed by atoms with Gasteiger partial charge in [0.25, 0.3) is 0 Å². The summed E-state index contributed by atoms with van der Waals surface area (Å²) in [7, 11) is 0. The molecule has 2 nitrogen and oxygen atoms in total. The molecule has 1 aromatic heterocycles. The number of H-pyrrole nitrogens is 1. The third kappa shape index (κ3) is 3.31. The van der Waals surface area contributed by atoms with Crippen molar-refractivity contribution in [2.45, 2.75) is 0 Å². The maximum atomic E-state index is 13.7. The van der Waals surface area contributed by atoms with Crippen molar-refractivity contribution in [1.29, 1.82) is 0 Å². The van der Waals surface area contributed by atoms with Gasteiger partial charge in [0.2, 0.25) is 0 Å². The summed E-state index contributed by atoms with van der Waals surface area (Å²) >= 11 is 3.38. The minimum atomic E-state index is -0.618. The summed E-state index contributed by atoms with van der Waals surface area (Å²) in [5.41, 5.74) is 1.82. The van der Waals surface area contributed by atoms with E-state index in [9.17, 15) is 8.78 Å². The first kappa shape index (κ1) is 14.7. The van der Waals surface area contributed by atoms with Gasteiger partial charge in [-0.25, -0.2) is 13.8 Å². The second kappa shape index (κ2) is 6.23. The van der Waals surface area contributed by atoms with Crippen molar-refractivity contribution >= 4 is 28.1 Å². The number of hydrogen-bond acceptors (Lipinski definition) is 1. The zero-order valence-electron chi connectivity index (χ0n) is 11.4. The number of rotatable bonds is 3. The topological polar surface area (TPSA) is 28.7 Å². The summed E-state index contributed by atoms with van der Waals surface area (Å²) in [6.45, 7) is 0. The van der Waals surface area contributed by atoms with Crippen molar-refractivity contribution in [3.63, 3.8) is 0 Å². The van der Waals surface area contributed by atoms with E-state index in [0.29, 0.717) is 11.5 Å². The van der Waals surface area contributed by atoms with Crippen LogP contribution in [-0.4, -0.2) is 9.97 Å². The van der Waals surface area contributed by atoms with Gasteiger partial charge in [0, 0.05) is 16.1 Å². The summed E-state index contributed by atoms with van der Waals surface area (Å²) < 4.78 is 27.7. The van der Waals surface area contributed by atoms with Gasteiger partial charge in [-0.3, -0.25) is 0 Å². The van der Waals surface area contributed by atoms with E-state index in [4.69, 9.17) is 0 Å². The lowest BCUT2D eigenvalue weighted by Gasteiger charge is -1.99. The molecule has 0 saturated heterocycles. The number of nitrogens with one attached hydrogen (secondary N) is 1. The van der Waals surface area contributed by atoms with Crippen LogP contribution in [0.3, 0.4) is 0 Å². The summed E-state index contributed by atoms with van der Waals surface area (Å²) in [4.78, 5) is 7.18. The zero-order chi connectivity index (χ0) is 15.5. The maximum Gasteiger partial charge on any atom is 0.135 e. The van der Waals surface area contributed by atoms with Gasteiger partial charge in [0.05, 0.1) is 11.9 Å². The van der Waals surface area contributed by atoms with Crippen molar-refractivity contribution in [2.24, 2.45) is 0 Å². The van der Waals surface area contributed by atoms with Gasteiger partial charge in [0.15, 0.2) is 0 Å². The lowest BCUT2D eigenvalue weighted by Crippen LogP contribution is -1.86. The zero-order valence-corrected chi connectivity index (χ0v) is 12.9. The fraction of sp³-hybridized carbons (Fsp3) is 0. The van der Waals surface area contributed by atoms with Crippen LogP contribution < -0.4 is 0 Å². The van der Waals surface area contributed by atoms with Crippen molar-refractivity contribution in [2.75, 3.05) is 0 Å². The largest absolute Gasteiger partial charge is 0.338 e. The molecular weight excluding hydrogens is 350 g/mol. The molecule has 3 rings (SSSR count). The number of imidazole rings is 1. The van der Waals surface area contributed by atoms with Crippen LogP contribution in [0, 0.1) is 11.6 Å². The molecular formula is C17H11BrF2N2. The van der Waals surface area contributed by atoms with Gasteiger partial charge >= 0.3 is 0 Å². The van der Waals surface area contributed by atoms with Crippen molar-refractivity contribution in [1.82, 2.24) is 9.97 Å². The number of halogens is 3. The lowest BCUT2D eigenvalue weighted by molar-refractivity contribution is 0.585. The Morgan fingerprint density at radius 2 is 1.77 bits per heavy atom. The highest BCUT2D eigenvalue weighted by atomic mass is 79.9. The highest BCUT2D eigenvalue weighted by Crippen LogP contribution is 2.22. The first-order valence-corrected chi connectivity index (χ1v) is 7.35. The summed E-state index contributed by atoms with van der Waals surface area (Å²) in [6, 6.07) is 11.3. The Labute approximate surface area is 134 Å². The van der Waals surface area contributed by atoms with E-state index in [1.807, 2.05) is 30.3 Å². The van der Waals surface area contributed by atoms with E-state index in [-0.39, 0.29) is 5.56 Å². The molecule has 0 amide bonds. The second-order valence-electron chi connectivity index (χ2n) is 4.69. The molecule has 0 aliphatic rings. The molecule has 1 N–H and O–H groups in total. The van der Waals surface area contributed by atoms with Gasteiger partial charge in [-0.2, -0.15) is 0 Å². The average molecular weight is 361 g/mol. The Bertz CT molecular complexity index is 823. The van der Waals surface area contributed by atoms with Crippen LogP contribution in [0.4, 0.5) is 8.78 Å². The van der Waals surface area contributed by atoms with Crippen molar-refractivity contribution < 1.29 is 8.78 Å². The SMILES string of the molecule is Fc1ccc(-c2cnc(C=Cc3ccc(Br)cc3)[nH]2)c(F)c1. The molecule has 0 unspecified atom stereocenters. The average Bonchev–Trinajstić information content (AvgIpc) is 2.95. The predicted octanol–water partition coefficient (Wildman–Crippen LogP) is 5.29. The molecule has 0 saturated carbocycles. The molecule has 2 aromatic carbocycles. The van der Waals surface area contributed by atoms with Gasteiger partial charge in [-0.1, -0.05) is 34.1 Å². The molecule has 110 valence electrons. The Morgan fingerprint density at radius 3 is 2.50 bits per heavy atom. The first-order chi connectivity index (χ1) is 10.6. The van der Waals surface area contributed by atoms with E-state index in [1.165, 1.54) is 18.3 Å². The number of benzene rings is 2. The highest BCUT2D eigenvalue weighted by Gasteiger charge is 2.08. The molecule has 0 atom stereocenters. The molecule has 0 radical (unpaired) electrons. The van der Waals surface area contributed by atoms with E-state index < -0.39 is 11.6 Å². The van der Waals surface area contributed by atoms with E-state index >= 15 is 0 Å². The van der Waals surface area contributed by atoms with Crippen LogP contribution >= 0.6 is 15.9 Å². The van der Waals surface area contributed by atoms with Crippen LogP contribution in [0.25, 0.3) is 23.4 Å². The molecule has 0 aliphatic heterocycles. The molecule has 0 fully saturated rings. The Hall–Kier alpha value is -2.27. The standard InChI is InChI=1S/C17H11BrF2N2/c18-12-4-1-11(2-5-12)3-8-17-21-10-16(22-17)14-7-6-13(19)9-15(14)20/h1-10H,(H,21,22). The summed E-state index contributed by atoms with van der Waals surface area (Å²) in [5, 5.41) is 0. The van der Waals surface area contributed by atoms with Crippen molar-refractivity contribution in [3.8, 4) is 11.3 Å². The molecule has 5 heteroatoms. The third-order valence-electron chi connectivity index (χ3n) is 3.12. The Morgan fingerprint density at radius 1 is 1.00 bits per heavy atom. The smallest absolute Gasteiger partial charge is 0.135 e. The van der Waals surface area contributed by atoms with Gasteiger partial charge in [-0.15, -0.1) is 0 Å². The monoisotopic (exact) mass is 360 g/mol. The van der Waals surface area contributed by atoms with Gasteiger partial charge < -0.3 is 4.98 Å². The van der Waals surface area contributed by atoms with Crippen LogP contribution in [0.5, 0.6) is 0 Å². The molecule has 3 aromatic rings. The van der Waals surface area contributed by atoms with Crippen LogP contribution in [0.15, 0.2) is 53.1 Å². The predicted molar refractivity (Wildman–Crippen MR) is 87.0 cm³/mol. The second-order valence-corrected chi connectivity index (χ2v) is 5.61. The molecule has 0 spiro atoms. The molecule has 0 bridgehead atoms. The highest BCUT2D eigenvalue weighted by molar-refractivity contribution is 9.10. The van der Waals surface area contributed by atoms with Gasteiger partial charge in [0.1, 0.15) is 17.5 Å². The van der Waals surface area contributed by atoms with Crippen LogP contribution in [0.2, 0.25) is 0 Å². The summed E-state index contributed by atoms with van der Waals surface area (Å²) in [6.07, 6.45) is 5.22. The number of aromatic nitrogens is 2. The van der Waals surface area contributed by atoms with E-state index in [2.05, 4.69) is 25.9 Å². The normalized spacial score (nSPS) is 11.2. The third-order valence-corrected chi connectivity index (χ3v) is 3.65. The van der Waals surface area contributed by atoms with Crippen LogP contribution in [-0.2, 0) is 0 Å². The van der Waals surface area contributed by atoms with E-state index in [1.54, 1.807) is 6.08 Å². The van der Waals surface area contributed by atoms with Crippen molar-refractivity contribution in [3.05, 3.63) is 76.2 Å². The summed E-state index contributed by atoms with van der Waals surface area (Å²) in [5.74, 6) is -0.621.